The Morgan fingerprint density at radius 2 is 1.58 bits per heavy atom. The normalized spacial score (nSPS) is 23.2. The van der Waals surface area contributed by atoms with E-state index in [1.54, 1.807) is 7.11 Å². The zero-order valence-electron chi connectivity index (χ0n) is 29.2. The average molecular weight is 637 g/mol. The smallest absolute Gasteiger partial charge is 0.192 e. The summed E-state index contributed by atoms with van der Waals surface area (Å²) in [5, 5.41) is 11.7. The van der Waals surface area contributed by atoms with Crippen LogP contribution >= 0.6 is 0 Å². The number of methoxy groups -OCH3 is 1. The highest BCUT2D eigenvalue weighted by Crippen LogP contribution is 2.51. The molecule has 0 radical (unpaired) electrons. The number of aliphatic hydroxyl groups is 1. The SMILES string of the molecule is C=C[C@@H](C=O)[C@@H](O)[C@H](CO[Si](C)(C)C(C)(C)C)[C@H](O[Si](C)(C)C(C)(C)C)[C@]1(C)O[C@@H]1[C@@H](C)COCc1ccc(OC)cc1. The summed E-state index contributed by atoms with van der Waals surface area (Å²) >= 11 is 0. The lowest BCUT2D eigenvalue weighted by atomic mass is 9.80. The summed E-state index contributed by atoms with van der Waals surface area (Å²) in [6.45, 7) is 31.3. The molecule has 1 heterocycles. The molecule has 7 atom stereocenters. The molecular weight excluding hydrogens is 577 g/mol. The number of ether oxygens (including phenoxy) is 3. The molecule has 1 aromatic carbocycles. The van der Waals surface area contributed by atoms with E-state index in [-0.39, 0.29) is 28.7 Å². The van der Waals surface area contributed by atoms with Gasteiger partial charge in [0.25, 0.3) is 0 Å². The zero-order valence-corrected chi connectivity index (χ0v) is 31.2. The van der Waals surface area contributed by atoms with Crippen LogP contribution in [0, 0.1) is 17.8 Å². The molecule has 1 N–H and O–H groups in total. The van der Waals surface area contributed by atoms with Gasteiger partial charge in [0.05, 0.1) is 44.6 Å². The van der Waals surface area contributed by atoms with Crippen molar-refractivity contribution in [3.8, 4) is 5.75 Å². The summed E-state index contributed by atoms with van der Waals surface area (Å²) in [4.78, 5) is 12.1. The Bertz CT molecular complexity index is 1040. The van der Waals surface area contributed by atoms with Crippen LogP contribution in [0.1, 0.15) is 61.0 Å². The van der Waals surface area contributed by atoms with Gasteiger partial charge in [-0.05, 0) is 60.9 Å². The van der Waals surface area contributed by atoms with E-state index in [0.29, 0.717) is 13.2 Å². The number of aldehydes is 1. The van der Waals surface area contributed by atoms with Crippen molar-refractivity contribution in [2.75, 3.05) is 20.3 Å². The second-order valence-electron chi connectivity index (χ2n) is 15.5. The summed E-state index contributed by atoms with van der Waals surface area (Å²) in [5.41, 5.74) is 0.386. The first-order valence-corrected chi connectivity index (χ1v) is 21.4. The van der Waals surface area contributed by atoms with Crippen LogP contribution in [0.2, 0.25) is 36.3 Å². The highest BCUT2D eigenvalue weighted by Gasteiger charge is 2.64. The summed E-state index contributed by atoms with van der Waals surface area (Å²) in [5.74, 6) is -0.354. The summed E-state index contributed by atoms with van der Waals surface area (Å²) < 4.78 is 31.8. The first-order valence-electron chi connectivity index (χ1n) is 15.6. The van der Waals surface area contributed by atoms with E-state index in [0.717, 1.165) is 17.6 Å². The van der Waals surface area contributed by atoms with Crippen molar-refractivity contribution >= 4 is 22.9 Å². The highest BCUT2D eigenvalue weighted by atomic mass is 28.4. The lowest BCUT2D eigenvalue weighted by molar-refractivity contribution is -0.116. The van der Waals surface area contributed by atoms with E-state index in [2.05, 4.69) is 88.2 Å². The molecule has 0 bridgehead atoms. The topological polar surface area (TPSA) is 86.8 Å². The van der Waals surface area contributed by atoms with Gasteiger partial charge in [-0.15, -0.1) is 6.58 Å². The van der Waals surface area contributed by atoms with Gasteiger partial charge >= 0.3 is 0 Å². The maximum absolute atomic E-state index is 12.1. The van der Waals surface area contributed by atoms with Gasteiger partial charge in [-0.25, -0.2) is 0 Å². The molecule has 0 unspecified atom stereocenters. The second kappa shape index (κ2) is 14.4. The fourth-order valence-electron chi connectivity index (χ4n) is 4.89. The number of aliphatic hydroxyl groups excluding tert-OH is 1. The van der Waals surface area contributed by atoms with Gasteiger partial charge in [0, 0.05) is 18.4 Å². The Labute approximate surface area is 263 Å². The minimum Gasteiger partial charge on any atom is -0.497 e. The third-order valence-corrected chi connectivity index (χ3v) is 19.1. The predicted octanol–water partition coefficient (Wildman–Crippen LogP) is 7.40. The number of carbonyl (C=O) groups excluding carboxylic acids is 1. The number of hydrogen-bond acceptors (Lipinski definition) is 7. The minimum absolute atomic E-state index is 0.0148. The molecule has 1 aromatic rings. The number of benzene rings is 1. The van der Waals surface area contributed by atoms with Crippen molar-refractivity contribution in [2.24, 2.45) is 17.8 Å². The van der Waals surface area contributed by atoms with Crippen LogP contribution in [0.25, 0.3) is 0 Å². The minimum atomic E-state index is -2.35. The molecule has 0 aliphatic carbocycles. The number of rotatable bonds is 17. The van der Waals surface area contributed by atoms with E-state index in [9.17, 15) is 9.90 Å². The lowest BCUT2D eigenvalue weighted by Gasteiger charge is -2.45. The Morgan fingerprint density at radius 1 is 1.02 bits per heavy atom. The maximum Gasteiger partial charge on any atom is 0.192 e. The molecule has 1 aliphatic heterocycles. The molecule has 7 nitrogen and oxygen atoms in total. The van der Waals surface area contributed by atoms with E-state index in [4.69, 9.17) is 23.1 Å². The lowest BCUT2D eigenvalue weighted by Crippen LogP contribution is -2.56. The molecule has 1 saturated heterocycles. The maximum atomic E-state index is 12.1. The van der Waals surface area contributed by atoms with Gasteiger partial charge in [-0.1, -0.05) is 66.7 Å². The van der Waals surface area contributed by atoms with Crippen molar-refractivity contribution < 1.29 is 33.0 Å². The van der Waals surface area contributed by atoms with Crippen LogP contribution in [0.4, 0.5) is 0 Å². The first-order chi connectivity index (χ1) is 19.6. The largest absolute Gasteiger partial charge is 0.497 e. The summed E-state index contributed by atoms with van der Waals surface area (Å²) in [6, 6.07) is 7.86. The number of carbonyl (C=O) groups is 1. The average Bonchev–Trinajstić information content (AvgIpc) is 3.60. The Morgan fingerprint density at radius 3 is 2.05 bits per heavy atom. The van der Waals surface area contributed by atoms with Crippen LogP contribution in [-0.2, 0) is 29.7 Å². The molecule has 246 valence electrons. The summed E-state index contributed by atoms with van der Waals surface area (Å²) in [6.07, 6.45) is 0.620. The molecule has 2 rings (SSSR count). The van der Waals surface area contributed by atoms with Crippen molar-refractivity contribution in [1.29, 1.82) is 0 Å². The molecule has 0 spiro atoms. The van der Waals surface area contributed by atoms with Gasteiger partial charge in [0.15, 0.2) is 16.6 Å². The molecule has 9 heteroatoms. The van der Waals surface area contributed by atoms with Gasteiger partial charge in [0.2, 0.25) is 0 Å². The van der Waals surface area contributed by atoms with Crippen LogP contribution in [-0.4, -0.2) is 72.3 Å². The number of epoxide rings is 1. The molecule has 0 amide bonds. The number of hydrogen-bond donors (Lipinski definition) is 1. The first kappa shape index (κ1) is 37.8. The predicted molar refractivity (Wildman–Crippen MR) is 180 cm³/mol. The Kier molecular flexibility index (Phi) is 12.7. The van der Waals surface area contributed by atoms with Gasteiger partial charge in [-0.2, -0.15) is 0 Å². The van der Waals surface area contributed by atoms with Crippen molar-refractivity contribution in [3.63, 3.8) is 0 Å². The van der Waals surface area contributed by atoms with E-state index in [1.165, 1.54) is 6.08 Å². The summed E-state index contributed by atoms with van der Waals surface area (Å²) in [7, 11) is -2.87. The quantitative estimate of drug-likeness (QED) is 0.0826. The fraction of sp³-hybridized carbons (Fsp3) is 0.735. The van der Waals surface area contributed by atoms with Crippen molar-refractivity contribution in [1.82, 2.24) is 0 Å². The van der Waals surface area contributed by atoms with Gasteiger partial charge < -0.3 is 33.0 Å². The molecule has 1 fully saturated rings. The van der Waals surface area contributed by atoms with Crippen LogP contribution < -0.4 is 4.74 Å². The van der Waals surface area contributed by atoms with E-state index < -0.39 is 46.3 Å². The third-order valence-electron chi connectivity index (χ3n) is 10.1. The molecule has 43 heavy (non-hydrogen) atoms. The van der Waals surface area contributed by atoms with Crippen LogP contribution in [0.15, 0.2) is 36.9 Å². The molecule has 0 aromatic heterocycles. The highest BCUT2D eigenvalue weighted by molar-refractivity contribution is 6.74. The third kappa shape index (κ3) is 9.34. The molecule has 1 aliphatic rings. The zero-order chi connectivity index (χ0) is 33.0. The molecule has 0 saturated carbocycles. The monoisotopic (exact) mass is 636 g/mol. The fourth-order valence-corrected chi connectivity index (χ4v) is 7.33. The molecular formula is C34H60O7Si2. The Hall–Kier alpha value is -1.34. The Balaban J connectivity index is 2.38. The van der Waals surface area contributed by atoms with Crippen LogP contribution in [0.5, 0.6) is 5.75 Å². The van der Waals surface area contributed by atoms with Crippen molar-refractivity contribution in [3.05, 3.63) is 42.5 Å². The van der Waals surface area contributed by atoms with Crippen LogP contribution in [0.3, 0.4) is 0 Å². The van der Waals surface area contributed by atoms with Crippen molar-refractivity contribution in [2.45, 2.75) is 122 Å². The second-order valence-corrected chi connectivity index (χ2v) is 25.1. The van der Waals surface area contributed by atoms with E-state index in [1.807, 2.05) is 24.3 Å². The standard InChI is InChI=1S/C34H60O7Si2/c1-15-26(20-35)29(36)28(23-39-42(11,12)32(3,4)5)31(41-43(13,14)33(6,7)8)34(9)30(40-34)24(2)21-38-22-25-16-18-27(37-10)19-17-25/h15-20,24,26,28-31,36H,1,21-23H2,2-14H3/t24-,26-,28-,29+,30+,31-,34+/m0/s1. The van der Waals surface area contributed by atoms with E-state index >= 15 is 0 Å². The van der Waals surface area contributed by atoms with Gasteiger partial charge in [-0.3, -0.25) is 0 Å². The van der Waals surface area contributed by atoms with Gasteiger partial charge in [0.1, 0.15) is 17.6 Å².